The van der Waals surface area contributed by atoms with E-state index in [0.717, 1.165) is 19.6 Å². The van der Waals surface area contributed by atoms with Crippen LogP contribution in [0.2, 0.25) is 0 Å². The Morgan fingerprint density at radius 2 is 2.11 bits per heavy atom. The summed E-state index contributed by atoms with van der Waals surface area (Å²) in [5.41, 5.74) is 1.22. The van der Waals surface area contributed by atoms with E-state index < -0.39 is 0 Å². The highest BCUT2D eigenvalue weighted by Crippen LogP contribution is 2.18. The van der Waals surface area contributed by atoms with Gasteiger partial charge in [0.1, 0.15) is 0 Å². The van der Waals surface area contributed by atoms with Crippen LogP contribution in [-0.2, 0) is 9.53 Å². The van der Waals surface area contributed by atoms with E-state index in [1.54, 1.807) is 0 Å². The monoisotopic (exact) mass is 262 g/mol. The molecule has 19 heavy (non-hydrogen) atoms. The molecule has 2 atom stereocenters. The van der Waals surface area contributed by atoms with E-state index in [4.69, 9.17) is 4.74 Å². The van der Waals surface area contributed by atoms with Crippen LogP contribution in [0, 0.1) is 5.92 Å². The number of nitrogens with zero attached hydrogens (tertiary/aromatic N) is 1. The van der Waals surface area contributed by atoms with E-state index in [-0.39, 0.29) is 12.0 Å². The van der Waals surface area contributed by atoms with E-state index in [9.17, 15) is 4.79 Å². The van der Waals surface area contributed by atoms with Crippen molar-refractivity contribution in [2.75, 3.05) is 31.6 Å². The van der Waals surface area contributed by atoms with E-state index in [1.165, 1.54) is 12.8 Å². The topological polar surface area (TPSA) is 41.6 Å². The standard InChI is InChI=1S/C15H22N2O2/c1-12-9-16-13(8-15(18)19-2)11-17(10-12)14-6-4-3-5-7-14/h3-7,12-13,16H,8-11H2,1-2H3. The molecule has 1 aliphatic heterocycles. The van der Waals surface area contributed by atoms with E-state index in [2.05, 4.69) is 29.3 Å². The highest BCUT2D eigenvalue weighted by molar-refractivity contribution is 5.70. The molecule has 2 rings (SSSR count). The first-order valence-electron chi connectivity index (χ1n) is 6.79. The molecule has 0 aromatic heterocycles. The van der Waals surface area contributed by atoms with Gasteiger partial charge in [-0.3, -0.25) is 4.79 Å². The molecule has 1 saturated heterocycles. The Morgan fingerprint density at radius 3 is 2.79 bits per heavy atom. The maximum Gasteiger partial charge on any atom is 0.307 e. The Morgan fingerprint density at radius 1 is 1.37 bits per heavy atom. The van der Waals surface area contributed by atoms with Crippen molar-refractivity contribution in [2.24, 2.45) is 5.92 Å². The maximum absolute atomic E-state index is 11.4. The first-order chi connectivity index (χ1) is 9.19. The second kappa shape index (κ2) is 6.57. The highest BCUT2D eigenvalue weighted by Gasteiger charge is 2.23. The Bertz CT molecular complexity index is 408. The molecule has 104 valence electrons. The van der Waals surface area contributed by atoms with Crippen molar-refractivity contribution in [1.82, 2.24) is 5.32 Å². The Balaban J connectivity index is 2.07. The van der Waals surface area contributed by atoms with Crippen LogP contribution in [0.1, 0.15) is 13.3 Å². The quantitative estimate of drug-likeness (QED) is 0.841. The number of benzene rings is 1. The lowest BCUT2D eigenvalue weighted by atomic mass is 10.1. The van der Waals surface area contributed by atoms with Crippen LogP contribution in [-0.4, -0.2) is 38.8 Å². The van der Waals surface area contributed by atoms with Crippen LogP contribution < -0.4 is 10.2 Å². The van der Waals surface area contributed by atoms with Gasteiger partial charge in [0.25, 0.3) is 0 Å². The van der Waals surface area contributed by atoms with Crippen molar-refractivity contribution in [3.05, 3.63) is 30.3 Å². The zero-order valence-corrected chi connectivity index (χ0v) is 11.6. The second-order valence-corrected chi connectivity index (χ2v) is 5.23. The normalized spacial score (nSPS) is 23.8. The zero-order chi connectivity index (χ0) is 13.7. The van der Waals surface area contributed by atoms with Crippen molar-refractivity contribution >= 4 is 11.7 Å². The van der Waals surface area contributed by atoms with Gasteiger partial charge in [0.15, 0.2) is 0 Å². The molecule has 4 heteroatoms. The van der Waals surface area contributed by atoms with Crippen LogP contribution >= 0.6 is 0 Å². The number of carbonyl (C=O) groups is 1. The summed E-state index contributed by atoms with van der Waals surface area (Å²) >= 11 is 0. The number of hydrogen-bond acceptors (Lipinski definition) is 4. The lowest BCUT2D eigenvalue weighted by Crippen LogP contribution is -2.39. The average molecular weight is 262 g/mol. The molecular weight excluding hydrogens is 240 g/mol. The largest absolute Gasteiger partial charge is 0.469 e. The van der Waals surface area contributed by atoms with Gasteiger partial charge in [0.05, 0.1) is 13.5 Å². The first kappa shape index (κ1) is 13.9. The summed E-state index contributed by atoms with van der Waals surface area (Å²) in [4.78, 5) is 13.8. The number of carbonyl (C=O) groups excluding carboxylic acids is 1. The zero-order valence-electron chi connectivity index (χ0n) is 11.6. The van der Waals surface area contributed by atoms with Crippen molar-refractivity contribution in [1.29, 1.82) is 0 Å². The van der Waals surface area contributed by atoms with E-state index in [1.807, 2.05) is 18.2 Å². The van der Waals surface area contributed by atoms with Gasteiger partial charge >= 0.3 is 5.97 Å². The van der Waals surface area contributed by atoms with Gasteiger partial charge in [-0.1, -0.05) is 25.1 Å². The molecule has 0 bridgehead atoms. The third-order valence-electron chi connectivity index (χ3n) is 3.49. The van der Waals surface area contributed by atoms with Crippen LogP contribution in [0.25, 0.3) is 0 Å². The molecule has 1 aliphatic rings. The van der Waals surface area contributed by atoms with Crippen LogP contribution in [0.4, 0.5) is 5.69 Å². The van der Waals surface area contributed by atoms with E-state index >= 15 is 0 Å². The fourth-order valence-electron chi connectivity index (χ4n) is 2.48. The molecule has 1 N–H and O–H groups in total. The minimum atomic E-state index is -0.153. The third-order valence-corrected chi connectivity index (χ3v) is 3.49. The Hall–Kier alpha value is -1.55. The van der Waals surface area contributed by atoms with Crippen LogP contribution in [0.3, 0.4) is 0 Å². The molecule has 0 saturated carbocycles. The third kappa shape index (κ3) is 3.96. The van der Waals surface area contributed by atoms with Gasteiger partial charge < -0.3 is 15.0 Å². The number of rotatable bonds is 3. The average Bonchev–Trinajstić information content (AvgIpc) is 2.62. The van der Waals surface area contributed by atoms with E-state index in [0.29, 0.717) is 12.3 Å². The van der Waals surface area contributed by atoms with Crippen LogP contribution in [0.5, 0.6) is 0 Å². The molecule has 0 radical (unpaired) electrons. The van der Waals surface area contributed by atoms with Crippen LogP contribution in [0.15, 0.2) is 30.3 Å². The van der Waals surface area contributed by atoms with Crippen molar-refractivity contribution in [3.8, 4) is 0 Å². The molecule has 0 spiro atoms. The number of anilines is 1. The van der Waals surface area contributed by atoms with Gasteiger partial charge in [0.2, 0.25) is 0 Å². The second-order valence-electron chi connectivity index (χ2n) is 5.23. The smallest absolute Gasteiger partial charge is 0.307 e. The van der Waals surface area contributed by atoms with Gasteiger partial charge in [-0.2, -0.15) is 0 Å². The lowest BCUT2D eigenvalue weighted by molar-refractivity contribution is -0.141. The van der Waals surface area contributed by atoms with Crippen molar-refractivity contribution in [2.45, 2.75) is 19.4 Å². The van der Waals surface area contributed by atoms with Gasteiger partial charge in [-0.25, -0.2) is 0 Å². The number of para-hydroxylation sites is 1. The van der Waals surface area contributed by atoms with Gasteiger partial charge in [-0.05, 0) is 24.6 Å². The predicted molar refractivity (Wildman–Crippen MR) is 76.2 cm³/mol. The summed E-state index contributed by atoms with van der Waals surface area (Å²) in [6.07, 6.45) is 0.423. The summed E-state index contributed by atoms with van der Waals surface area (Å²) in [6.45, 7) is 5.01. The van der Waals surface area contributed by atoms with Gasteiger partial charge in [-0.15, -0.1) is 0 Å². The number of methoxy groups -OCH3 is 1. The molecular formula is C15H22N2O2. The number of esters is 1. The predicted octanol–water partition coefficient (Wildman–Crippen LogP) is 1.66. The Kier molecular flexibility index (Phi) is 4.80. The molecule has 0 aliphatic carbocycles. The molecule has 0 amide bonds. The first-order valence-corrected chi connectivity index (χ1v) is 6.79. The summed E-state index contributed by atoms with van der Waals surface area (Å²) in [6, 6.07) is 10.5. The minimum Gasteiger partial charge on any atom is -0.469 e. The SMILES string of the molecule is COC(=O)CC1CN(c2ccccc2)CC(C)CN1. The summed E-state index contributed by atoms with van der Waals surface area (Å²) in [5.74, 6) is 0.405. The number of ether oxygens (including phenoxy) is 1. The van der Waals surface area contributed by atoms with Crippen molar-refractivity contribution < 1.29 is 9.53 Å². The summed E-state index contributed by atoms with van der Waals surface area (Å²) in [7, 11) is 1.44. The van der Waals surface area contributed by atoms with Gasteiger partial charge in [0, 0.05) is 24.8 Å². The molecule has 1 heterocycles. The van der Waals surface area contributed by atoms with Crippen molar-refractivity contribution in [3.63, 3.8) is 0 Å². The molecule has 1 fully saturated rings. The highest BCUT2D eigenvalue weighted by atomic mass is 16.5. The number of nitrogens with one attached hydrogen (secondary N) is 1. The molecule has 1 aromatic carbocycles. The maximum atomic E-state index is 11.4. The number of hydrogen-bond donors (Lipinski definition) is 1. The fourth-order valence-corrected chi connectivity index (χ4v) is 2.48. The summed E-state index contributed by atoms with van der Waals surface area (Å²) in [5, 5.41) is 3.45. The molecule has 2 unspecified atom stereocenters. The minimum absolute atomic E-state index is 0.151. The molecule has 1 aromatic rings. The fraction of sp³-hybridized carbons (Fsp3) is 0.533. The lowest BCUT2D eigenvalue weighted by Gasteiger charge is -2.27. The Labute approximate surface area is 114 Å². The molecule has 4 nitrogen and oxygen atoms in total. The summed E-state index contributed by atoms with van der Waals surface area (Å²) < 4.78 is 4.76.